The van der Waals surface area contributed by atoms with E-state index >= 15 is 0 Å². The predicted octanol–water partition coefficient (Wildman–Crippen LogP) is 6.95. The van der Waals surface area contributed by atoms with Crippen molar-refractivity contribution >= 4 is 50.8 Å². The number of H-pyrrole nitrogens is 1. The van der Waals surface area contributed by atoms with Gasteiger partial charge in [-0.2, -0.15) is 0 Å². The highest BCUT2D eigenvalue weighted by molar-refractivity contribution is 9.10. The summed E-state index contributed by atoms with van der Waals surface area (Å²) >= 11 is 10.7. The van der Waals surface area contributed by atoms with Gasteiger partial charge in [0, 0.05) is 32.3 Å². The summed E-state index contributed by atoms with van der Waals surface area (Å²) in [6, 6.07) is 22.1. The van der Waals surface area contributed by atoms with E-state index in [4.69, 9.17) is 21.7 Å². The molecule has 0 bridgehead atoms. The number of para-hydroxylation sites is 1. The van der Waals surface area contributed by atoms with Crippen LogP contribution in [0.1, 0.15) is 23.0 Å². The van der Waals surface area contributed by atoms with Gasteiger partial charge in [-0.05, 0) is 24.3 Å². The third-order valence-electron chi connectivity index (χ3n) is 4.86. The number of aromatic nitrogens is 2. The van der Waals surface area contributed by atoms with Crippen LogP contribution in [0.25, 0.3) is 10.9 Å². The molecule has 1 atom stereocenters. The summed E-state index contributed by atoms with van der Waals surface area (Å²) in [6.45, 7) is 0.503. The van der Waals surface area contributed by atoms with Crippen LogP contribution in [-0.4, -0.2) is 9.97 Å². The lowest BCUT2D eigenvalue weighted by atomic mass is 10.1. The van der Waals surface area contributed by atoms with Gasteiger partial charge < -0.3 is 14.5 Å². The number of thioether (sulfide) groups is 1. The minimum Gasteiger partial charge on any atom is -0.460 e. The second kappa shape index (κ2) is 8.51. The summed E-state index contributed by atoms with van der Waals surface area (Å²) in [5.41, 5.74) is 4.12. The molecule has 150 valence electrons. The van der Waals surface area contributed by atoms with Crippen molar-refractivity contribution in [2.45, 2.75) is 23.8 Å². The standard InChI is InChI=1S/C23H17BrN2O2S2/c24-17-10-15-12-27-22(14-6-2-1-3-7-14)28-20(15)16(11-17)13-30-23-25-19-9-5-4-8-18(19)21(29)26-23/h1-11,22H,12-13H2,(H,25,26,29). The van der Waals surface area contributed by atoms with Crippen molar-refractivity contribution in [3.8, 4) is 5.75 Å². The molecule has 0 amide bonds. The van der Waals surface area contributed by atoms with Crippen LogP contribution in [0.2, 0.25) is 0 Å². The fraction of sp³-hybridized carbons (Fsp3) is 0.130. The van der Waals surface area contributed by atoms with E-state index in [0.29, 0.717) is 17.0 Å². The maximum absolute atomic E-state index is 6.28. The Morgan fingerprint density at radius 1 is 1.10 bits per heavy atom. The first-order valence-electron chi connectivity index (χ1n) is 9.44. The number of hydrogen-bond donors (Lipinski definition) is 1. The monoisotopic (exact) mass is 496 g/mol. The van der Waals surface area contributed by atoms with Gasteiger partial charge >= 0.3 is 0 Å². The first kappa shape index (κ1) is 19.8. The van der Waals surface area contributed by atoms with Gasteiger partial charge in [-0.15, -0.1) is 0 Å². The number of hydrogen-bond acceptors (Lipinski definition) is 5. The van der Waals surface area contributed by atoms with Crippen molar-refractivity contribution in [3.05, 3.63) is 92.5 Å². The largest absolute Gasteiger partial charge is 0.460 e. The number of benzene rings is 3. The molecule has 5 rings (SSSR count). The Bertz CT molecular complexity index is 1280. The van der Waals surface area contributed by atoms with Crippen molar-refractivity contribution in [2.24, 2.45) is 0 Å². The van der Waals surface area contributed by atoms with E-state index in [1.54, 1.807) is 11.8 Å². The highest BCUT2D eigenvalue weighted by Crippen LogP contribution is 2.39. The SMILES string of the molecule is S=c1nc(SCc2cc(Br)cc3c2OC(c2ccccc2)OC3)[nH]c2ccccc12. The topological polar surface area (TPSA) is 47.1 Å². The van der Waals surface area contributed by atoms with Gasteiger partial charge in [0.25, 0.3) is 0 Å². The summed E-state index contributed by atoms with van der Waals surface area (Å²) < 4.78 is 13.8. The molecule has 1 N–H and O–H groups in total. The molecule has 0 saturated carbocycles. The van der Waals surface area contributed by atoms with Crippen LogP contribution in [0.4, 0.5) is 0 Å². The van der Waals surface area contributed by atoms with Crippen LogP contribution in [0.15, 0.2) is 76.4 Å². The molecule has 1 aliphatic heterocycles. The lowest BCUT2D eigenvalue weighted by Crippen LogP contribution is -2.19. The minimum absolute atomic E-state index is 0.409. The lowest BCUT2D eigenvalue weighted by Gasteiger charge is -2.28. The van der Waals surface area contributed by atoms with E-state index in [0.717, 1.165) is 43.0 Å². The lowest BCUT2D eigenvalue weighted by molar-refractivity contribution is -0.111. The highest BCUT2D eigenvalue weighted by atomic mass is 79.9. The first-order chi connectivity index (χ1) is 14.7. The van der Waals surface area contributed by atoms with E-state index in [-0.39, 0.29) is 0 Å². The van der Waals surface area contributed by atoms with Crippen molar-refractivity contribution < 1.29 is 9.47 Å². The smallest absolute Gasteiger partial charge is 0.227 e. The van der Waals surface area contributed by atoms with Crippen LogP contribution >= 0.6 is 39.9 Å². The number of fused-ring (bicyclic) bond motifs is 2. The summed E-state index contributed by atoms with van der Waals surface area (Å²) in [6.07, 6.45) is -0.409. The fourth-order valence-corrected chi connectivity index (χ4v) is 5.17. The number of nitrogens with zero attached hydrogens (tertiary/aromatic N) is 1. The maximum Gasteiger partial charge on any atom is 0.227 e. The molecule has 0 spiro atoms. The maximum atomic E-state index is 6.28. The molecule has 0 aliphatic carbocycles. The Morgan fingerprint density at radius 3 is 2.77 bits per heavy atom. The second-order valence-corrected chi connectivity index (χ2v) is 9.17. The molecule has 3 aromatic carbocycles. The molecule has 1 unspecified atom stereocenters. The van der Waals surface area contributed by atoms with E-state index in [2.05, 4.69) is 32.0 Å². The quantitative estimate of drug-likeness (QED) is 0.188. The molecule has 7 heteroatoms. The molecular formula is C23H17BrN2O2S2. The zero-order chi connectivity index (χ0) is 20.5. The minimum atomic E-state index is -0.409. The first-order valence-corrected chi connectivity index (χ1v) is 11.6. The van der Waals surface area contributed by atoms with Gasteiger partial charge in [-0.25, -0.2) is 4.98 Å². The zero-order valence-corrected chi connectivity index (χ0v) is 19.0. The van der Waals surface area contributed by atoms with Gasteiger partial charge in [-0.3, -0.25) is 0 Å². The van der Waals surface area contributed by atoms with E-state index < -0.39 is 6.29 Å². The van der Waals surface area contributed by atoms with Gasteiger partial charge in [0.05, 0.1) is 12.1 Å². The van der Waals surface area contributed by atoms with Crippen molar-refractivity contribution in [3.63, 3.8) is 0 Å². The van der Waals surface area contributed by atoms with Crippen LogP contribution in [0.3, 0.4) is 0 Å². The fourth-order valence-electron chi connectivity index (χ4n) is 3.45. The summed E-state index contributed by atoms with van der Waals surface area (Å²) in [4.78, 5) is 7.93. The van der Waals surface area contributed by atoms with Gasteiger partial charge in [-0.1, -0.05) is 82.4 Å². The van der Waals surface area contributed by atoms with E-state index in [9.17, 15) is 0 Å². The van der Waals surface area contributed by atoms with E-state index in [1.165, 1.54) is 0 Å². The van der Waals surface area contributed by atoms with Crippen LogP contribution in [0, 0.1) is 4.64 Å². The molecule has 4 aromatic rings. The Hall–Kier alpha value is -2.19. The average Bonchev–Trinajstić information content (AvgIpc) is 2.78. The number of halogens is 1. The van der Waals surface area contributed by atoms with Gasteiger partial charge in [0.1, 0.15) is 10.4 Å². The van der Waals surface area contributed by atoms with Crippen molar-refractivity contribution in [1.82, 2.24) is 9.97 Å². The Labute approximate surface area is 191 Å². The molecule has 4 nitrogen and oxygen atoms in total. The Kier molecular flexibility index (Phi) is 5.60. The summed E-state index contributed by atoms with van der Waals surface area (Å²) in [5, 5.41) is 1.75. The van der Waals surface area contributed by atoms with Gasteiger partial charge in [0.2, 0.25) is 6.29 Å². The van der Waals surface area contributed by atoms with Crippen molar-refractivity contribution in [2.75, 3.05) is 0 Å². The number of rotatable bonds is 4. The molecule has 30 heavy (non-hydrogen) atoms. The average molecular weight is 497 g/mol. The zero-order valence-electron chi connectivity index (χ0n) is 15.8. The van der Waals surface area contributed by atoms with Crippen LogP contribution < -0.4 is 4.74 Å². The second-order valence-electron chi connectivity index (χ2n) is 6.91. The highest BCUT2D eigenvalue weighted by Gasteiger charge is 2.25. The Morgan fingerprint density at radius 2 is 1.90 bits per heavy atom. The van der Waals surface area contributed by atoms with Crippen LogP contribution in [0.5, 0.6) is 5.75 Å². The number of aromatic amines is 1. The molecule has 2 heterocycles. The Balaban J connectivity index is 1.43. The third kappa shape index (κ3) is 4.03. The predicted molar refractivity (Wildman–Crippen MR) is 125 cm³/mol. The van der Waals surface area contributed by atoms with Crippen molar-refractivity contribution in [1.29, 1.82) is 0 Å². The number of nitrogens with one attached hydrogen (secondary N) is 1. The molecule has 0 radical (unpaired) electrons. The number of ether oxygens (including phenoxy) is 2. The summed E-state index contributed by atoms with van der Waals surface area (Å²) in [7, 11) is 0. The molecule has 1 aliphatic rings. The molecule has 1 aromatic heterocycles. The molecular weight excluding hydrogens is 480 g/mol. The molecule has 0 saturated heterocycles. The van der Waals surface area contributed by atoms with Gasteiger partial charge in [0.15, 0.2) is 5.16 Å². The summed E-state index contributed by atoms with van der Waals surface area (Å²) in [5.74, 6) is 1.57. The van der Waals surface area contributed by atoms with Crippen LogP contribution in [-0.2, 0) is 17.1 Å². The third-order valence-corrected chi connectivity index (χ3v) is 6.55. The molecule has 0 fully saturated rings. The van der Waals surface area contributed by atoms with E-state index in [1.807, 2.05) is 60.7 Å². The normalized spacial score (nSPS) is 15.6.